The molecule has 0 bridgehead atoms. The van der Waals surface area contributed by atoms with Crippen LogP contribution in [0.2, 0.25) is 5.02 Å². The van der Waals surface area contributed by atoms with Crippen LogP contribution in [0.25, 0.3) is 10.9 Å². The number of pyridine rings is 1. The molecule has 0 saturated carbocycles. The third-order valence-corrected chi connectivity index (χ3v) is 7.07. The lowest BCUT2D eigenvalue weighted by molar-refractivity contribution is 0.122. The standard InChI is InChI=1S/C21H21ClN2O5S/c1-27-18-11-16-17(12-19(18)28-2)23-13-20(21(16)24-7-9-29-10-8-24)30(25,26)15-5-3-14(22)4-6-15/h3-6,11-13H,7-10H2,1-2H3. The molecule has 0 spiro atoms. The molecule has 0 unspecified atom stereocenters. The second-order valence-electron chi connectivity index (χ2n) is 6.75. The smallest absolute Gasteiger partial charge is 0.210 e. The SMILES string of the molecule is COc1cc2ncc(S(=O)(=O)c3ccc(Cl)cc3)c(N3CCOCC3)c2cc1OC. The summed E-state index contributed by atoms with van der Waals surface area (Å²) < 4.78 is 43.4. The fraction of sp³-hybridized carbons (Fsp3) is 0.286. The third-order valence-electron chi connectivity index (χ3n) is 5.05. The third kappa shape index (κ3) is 3.66. The Bertz CT molecular complexity index is 1180. The molecule has 7 nitrogen and oxygen atoms in total. The van der Waals surface area contributed by atoms with Crippen LogP contribution in [-0.4, -0.2) is 53.9 Å². The summed E-state index contributed by atoms with van der Waals surface area (Å²) in [4.78, 5) is 6.73. The van der Waals surface area contributed by atoms with E-state index in [1.165, 1.54) is 18.3 Å². The van der Waals surface area contributed by atoms with Crippen LogP contribution >= 0.6 is 11.6 Å². The molecule has 158 valence electrons. The van der Waals surface area contributed by atoms with E-state index in [1.54, 1.807) is 38.5 Å². The number of ether oxygens (including phenoxy) is 3. The van der Waals surface area contributed by atoms with Gasteiger partial charge in [0.2, 0.25) is 9.84 Å². The normalized spacial score (nSPS) is 14.7. The van der Waals surface area contributed by atoms with Crippen LogP contribution in [0.5, 0.6) is 11.5 Å². The van der Waals surface area contributed by atoms with Gasteiger partial charge in [-0.25, -0.2) is 8.42 Å². The summed E-state index contributed by atoms with van der Waals surface area (Å²) in [5.74, 6) is 1.03. The van der Waals surface area contributed by atoms with Gasteiger partial charge in [-0.05, 0) is 30.3 Å². The Morgan fingerprint density at radius 2 is 1.67 bits per heavy atom. The molecule has 1 aliphatic heterocycles. The number of anilines is 1. The number of hydrogen-bond acceptors (Lipinski definition) is 7. The van der Waals surface area contributed by atoms with Gasteiger partial charge in [-0.1, -0.05) is 11.6 Å². The van der Waals surface area contributed by atoms with E-state index in [-0.39, 0.29) is 9.79 Å². The van der Waals surface area contributed by atoms with Gasteiger partial charge in [0.25, 0.3) is 0 Å². The highest BCUT2D eigenvalue weighted by Crippen LogP contribution is 2.40. The molecule has 1 fully saturated rings. The van der Waals surface area contributed by atoms with E-state index in [1.807, 2.05) is 4.90 Å². The molecule has 2 heterocycles. The topological polar surface area (TPSA) is 78.0 Å². The Balaban J connectivity index is 2.00. The Hall–Kier alpha value is -2.55. The lowest BCUT2D eigenvalue weighted by Crippen LogP contribution is -2.37. The van der Waals surface area contributed by atoms with Crippen molar-refractivity contribution in [1.29, 1.82) is 0 Å². The van der Waals surface area contributed by atoms with Gasteiger partial charge in [0.05, 0.1) is 43.5 Å². The molecule has 1 aromatic heterocycles. The molecular formula is C21H21ClN2O5S. The number of rotatable bonds is 5. The largest absolute Gasteiger partial charge is 0.493 e. The highest BCUT2D eigenvalue weighted by Gasteiger charge is 2.28. The Morgan fingerprint density at radius 3 is 2.30 bits per heavy atom. The quantitative estimate of drug-likeness (QED) is 0.590. The number of halogens is 1. The first kappa shape index (κ1) is 20.7. The number of sulfone groups is 1. The molecular weight excluding hydrogens is 428 g/mol. The molecule has 9 heteroatoms. The van der Waals surface area contributed by atoms with Crippen molar-refractivity contribution >= 4 is 38.0 Å². The lowest BCUT2D eigenvalue weighted by Gasteiger charge is -2.31. The van der Waals surface area contributed by atoms with Gasteiger partial charge in [0, 0.05) is 35.8 Å². The van der Waals surface area contributed by atoms with Crippen molar-refractivity contribution in [2.24, 2.45) is 0 Å². The Morgan fingerprint density at radius 1 is 1.03 bits per heavy atom. The van der Waals surface area contributed by atoms with E-state index < -0.39 is 9.84 Å². The van der Waals surface area contributed by atoms with Crippen LogP contribution in [0.15, 0.2) is 52.4 Å². The first-order valence-corrected chi connectivity index (χ1v) is 11.2. The summed E-state index contributed by atoms with van der Waals surface area (Å²) >= 11 is 5.95. The molecule has 0 radical (unpaired) electrons. The number of fused-ring (bicyclic) bond motifs is 1. The van der Waals surface area contributed by atoms with E-state index in [0.29, 0.717) is 59.4 Å². The second kappa shape index (κ2) is 8.29. The molecule has 0 aliphatic carbocycles. The fourth-order valence-electron chi connectivity index (χ4n) is 3.54. The highest BCUT2D eigenvalue weighted by molar-refractivity contribution is 7.91. The monoisotopic (exact) mass is 448 g/mol. The van der Waals surface area contributed by atoms with Crippen molar-refractivity contribution < 1.29 is 22.6 Å². The summed E-state index contributed by atoms with van der Waals surface area (Å²) in [6.45, 7) is 2.16. The molecule has 1 aliphatic rings. The van der Waals surface area contributed by atoms with E-state index >= 15 is 0 Å². The van der Waals surface area contributed by atoms with Crippen LogP contribution in [0, 0.1) is 0 Å². The maximum atomic E-state index is 13.5. The average Bonchev–Trinajstić information content (AvgIpc) is 2.78. The Labute approximate surface area is 180 Å². The molecule has 30 heavy (non-hydrogen) atoms. The molecule has 0 atom stereocenters. The van der Waals surface area contributed by atoms with Gasteiger partial charge < -0.3 is 19.1 Å². The van der Waals surface area contributed by atoms with Crippen LogP contribution in [0.3, 0.4) is 0 Å². The van der Waals surface area contributed by atoms with Gasteiger partial charge in [-0.15, -0.1) is 0 Å². The molecule has 3 aromatic rings. The number of aromatic nitrogens is 1. The zero-order valence-electron chi connectivity index (χ0n) is 16.6. The minimum atomic E-state index is -3.84. The molecule has 0 amide bonds. The maximum absolute atomic E-state index is 13.5. The van der Waals surface area contributed by atoms with Gasteiger partial charge in [0.15, 0.2) is 11.5 Å². The molecule has 0 N–H and O–H groups in total. The van der Waals surface area contributed by atoms with Crippen molar-refractivity contribution in [2.45, 2.75) is 9.79 Å². The summed E-state index contributed by atoms with van der Waals surface area (Å²) in [6.07, 6.45) is 1.41. The van der Waals surface area contributed by atoms with Crippen molar-refractivity contribution in [3.63, 3.8) is 0 Å². The summed E-state index contributed by atoms with van der Waals surface area (Å²) in [5, 5.41) is 1.14. The lowest BCUT2D eigenvalue weighted by atomic mass is 10.1. The van der Waals surface area contributed by atoms with Crippen LogP contribution < -0.4 is 14.4 Å². The van der Waals surface area contributed by atoms with Crippen LogP contribution in [0.1, 0.15) is 0 Å². The maximum Gasteiger partial charge on any atom is 0.210 e. The second-order valence-corrected chi connectivity index (χ2v) is 9.11. The summed E-state index contributed by atoms with van der Waals surface area (Å²) in [7, 11) is -0.749. The first-order chi connectivity index (χ1) is 14.5. The predicted molar refractivity (Wildman–Crippen MR) is 115 cm³/mol. The zero-order valence-corrected chi connectivity index (χ0v) is 18.2. The zero-order chi connectivity index (χ0) is 21.3. The van der Waals surface area contributed by atoms with Crippen molar-refractivity contribution in [3.05, 3.63) is 47.6 Å². The van der Waals surface area contributed by atoms with Crippen LogP contribution in [0.4, 0.5) is 5.69 Å². The van der Waals surface area contributed by atoms with Crippen molar-refractivity contribution in [2.75, 3.05) is 45.4 Å². The Kier molecular flexibility index (Phi) is 5.73. The van der Waals surface area contributed by atoms with Crippen molar-refractivity contribution in [3.8, 4) is 11.5 Å². The van der Waals surface area contributed by atoms with E-state index in [0.717, 1.165) is 0 Å². The molecule has 2 aromatic carbocycles. The van der Waals surface area contributed by atoms with Gasteiger partial charge >= 0.3 is 0 Å². The summed E-state index contributed by atoms with van der Waals surface area (Å²) in [5.41, 5.74) is 1.20. The minimum absolute atomic E-state index is 0.131. The first-order valence-electron chi connectivity index (χ1n) is 9.34. The number of methoxy groups -OCH3 is 2. The minimum Gasteiger partial charge on any atom is -0.493 e. The van der Waals surface area contributed by atoms with Crippen molar-refractivity contribution in [1.82, 2.24) is 4.98 Å². The van der Waals surface area contributed by atoms with Gasteiger partial charge in [-0.3, -0.25) is 4.98 Å². The average molecular weight is 449 g/mol. The number of nitrogens with zero attached hydrogens (tertiary/aromatic N) is 2. The predicted octanol–water partition coefficient (Wildman–Crippen LogP) is 3.57. The van der Waals surface area contributed by atoms with E-state index in [9.17, 15) is 8.42 Å². The van der Waals surface area contributed by atoms with Gasteiger partial charge in [0.1, 0.15) is 4.90 Å². The summed E-state index contributed by atoms with van der Waals surface area (Å²) in [6, 6.07) is 9.64. The highest BCUT2D eigenvalue weighted by atomic mass is 35.5. The van der Waals surface area contributed by atoms with Gasteiger partial charge in [-0.2, -0.15) is 0 Å². The molecule has 4 rings (SSSR count). The number of morpholine rings is 1. The fourth-order valence-corrected chi connectivity index (χ4v) is 5.10. The molecule has 1 saturated heterocycles. The van der Waals surface area contributed by atoms with E-state index in [2.05, 4.69) is 4.98 Å². The van der Waals surface area contributed by atoms with Crippen LogP contribution in [-0.2, 0) is 14.6 Å². The number of hydrogen-bond donors (Lipinski definition) is 0. The van der Waals surface area contributed by atoms with E-state index in [4.69, 9.17) is 25.8 Å². The number of benzene rings is 2.